The first kappa shape index (κ1) is 18.6. The molecule has 5 nitrogen and oxygen atoms in total. The van der Waals surface area contributed by atoms with Crippen molar-refractivity contribution in [3.63, 3.8) is 0 Å². The van der Waals surface area contributed by atoms with Gasteiger partial charge in [-0.15, -0.1) is 0 Å². The monoisotopic (exact) mass is 413 g/mol. The minimum Gasteiger partial charge on any atom is -0.314 e. The van der Waals surface area contributed by atoms with Crippen LogP contribution in [-0.2, 0) is 0 Å². The van der Waals surface area contributed by atoms with Gasteiger partial charge < -0.3 is 4.31 Å². The number of ketones is 1. The molecule has 0 N–H and O–H groups in total. The molecule has 6 heteroatoms. The van der Waals surface area contributed by atoms with E-state index in [9.17, 15) is 9.59 Å². The second-order valence-electron chi connectivity index (χ2n) is 7.22. The van der Waals surface area contributed by atoms with E-state index in [1.807, 2.05) is 72.9 Å². The lowest BCUT2D eigenvalue weighted by Gasteiger charge is -2.16. The number of fused-ring (bicyclic) bond motifs is 1. The Bertz CT molecular complexity index is 1220. The van der Waals surface area contributed by atoms with Gasteiger partial charge in [-0.05, 0) is 36.2 Å². The molecule has 1 unspecified atom stereocenters. The Balaban J connectivity index is 1.43. The summed E-state index contributed by atoms with van der Waals surface area (Å²) >= 11 is 1.64. The van der Waals surface area contributed by atoms with Crippen LogP contribution in [0.3, 0.4) is 0 Å². The van der Waals surface area contributed by atoms with Crippen LogP contribution in [0.5, 0.6) is 0 Å². The van der Waals surface area contributed by atoms with E-state index in [4.69, 9.17) is 0 Å². The Kier molecular flexibility index (Phi) is 4.85. The van der Waals surface area contributed by atoms with Crippen molar-refractivity contribution >= 4 is 40.2 Å². The number of aromatic nitrogens is 2. The number of benzene rings is 2. The van der Waals surface area contributed by atoms with E-state index in [2.05, 4.69) is 9.29 Å². The molecular weight excluding hydrogens is 394 g/mol. The molecule has 1 saturated heterocycles. The Morgan fingerprint density at radius 1 is 0.967 bits per heavy atom. The van der Waals surface area contributed by atoms with Crippen LogP contribution in [0.1, 0.15) is 20.7 Å². The third kappa shape index (κ3) is 3.29. The predicted molar refractivity (Wildman–Crippen MR) is 120 cm³/mol. The van der Waals surface area contributed by atoms with Crippen LogP contribution in [0.25, 0.3) is 10.9 Å². The highest BCUT2D eigenvalue weighted by Gasteiger charge is 2.31. The Hall–Kier alpha value is -3.38. The normalized spacial score (nSPS) is 16.1. The van der Waals surface area contributed by atoms with Crippen molar-refractivity contribution in [1.29, 1.82) is 0 Å². The van der Waals surface area contributed by atoms with Crippen LogP contribution < -0.4 is 4.31 Å². The largest absolute Gasteiger partial charge is 0.314 e. The average molecular weight is 414 g/mol. The number of nitrogens with zero attached hydrogens (tertiary/aromatic N) is 3. The third-order valence-electron chi connectivity index (χ3n) is 5.35. The summed E-state index contributed by atoms with van der Waals surface area (Å²) in [6.07, 6.45) is 5.34. The van der Waals surface area contributed by atoms with Crippen molar-refractivity contribution in [1.82, 2.24) is 9.55 Å². The van der Waals surface area contributed by atoms with Gasteiger partial charge in [0.05, 0.1) is 23.3 Å². The zero-order valence-corrected chi connectivity index (χ0v) is 17.0. The molecule has 1 aliphatic rings. The van der Waals surface area contributed by atoms with E-state index >= 15 is 0 Å². The molecule has 148 valence electrons. The number of carbonyl (C=O) groups is 2. The summed E-state index contributed by atoms with van der Waals surface area (Å²) < 4.78 is 3.81. The van der Waals surface area contributed by atoms with Crippen LogP contribution in [0.2, 0.25) is 0 Å². The molecule has 0 amide bonds. The summed E-state index contributed by atoms with van der Waals surface area (Å²) in [5, 5.41) is 0.800. The molecular formula is C24H19N3O2S. The zero-order chi connectivity index (χ0) is 20.5. The zero-order valence-electron chi connectivity index (χ0n) is 16.1. The molecule has 2 aromatic carbocycles. The van der Waals surface area contributed by atoms with Crippen molar-refractivity contribution in [2.45, 2.75) is 0 Å². The van der Waals surface area contributed by atoms with Gasteiger partial charge >= 0.3 is 0 Å². The molecule has 0 radical (unpaired) electrons. The van der Waals surface area contributed by atoms with Crippen molar-refractivity contribution < 1.29 is 9.59 Å². The van der Waals surface area contributed by atoms with E-state index in [1.54, 1.807) is 28.9 Å². The highest BCUT2D eigenvalue weighted by Crippen LogP contribution is 2.32. The molecule has 1 atom stereocenters. The summed E-state index contributed by atoms with van der Waals surface area (Å²) in [6, 6.07) is 20.5. The Morgan fingerprint density at radius 2 is 1.83 bits per heavy atom. The van der Waals surface area contributed by atoms with E-state index in [-0.39, 0.29) is 17.6 Å². The minimum atomic E-state index is -0.126. The average Bonchev–Trinajstić information content (AvgIpc) is 3.47. The van der Waals surface area contributed by atoms with Gasteiger partial charge in [0, 0.05) is 41.2 Å². The van der Waals surface area contributed by atoms with Gasteiger partial charge in [-0.25, -0.2) is 0 Å². The lowest BCUT2D eigenvalue weighted by atomic mass is 10.0. The van der Waals surface area contributed by atoms with E-state index < -0.39 is 0 Å². The number of pyridine rings is 1. The molecule has 0 aliphatic carbocycles. The molecule has 4 aromatic rings. The fourth-order valence-electron chi connectivity index (χ4n) is 3.82. The van der Waals surface area contributed by atoms with Gasteiger partial charge in [-0.3, -0.25) is 19.1 Å². The third-order valence-corrected chi connectivity index (χ3v) is 6.57. The lowest BCUT2D eigenvalue weighted by Crippen LogP contribution is -2.26. The number of carbonyl (C=O) groups excluding carboxylic acids is 2. The first-order valence-corrected chi connectivity index (χ1v) is 10.7. The van der Waals surface area contributed by atoms with Crippen molar-refractivity contribution in [2.75, 3.05) is 16.6 Å². The molecule has 0 saturated carbocycles. The van der Waals surface area contributed by atoms with Gasteiger partial charge in [0.25, 0.3) is 0 Å². The summed E-state index contributed by atoms with van der Waals surface area (Å²) in [5.74, 6) is 0.605. The van der Waals surface area contributed by atoms with Crippen LogP contribution in [0.15, 0.2) is 85.3 Å². The van der Waals surface area contributed by atoms with Crippen LogP contribution in [-0.4, -0.2) is 33.5 Å². The summed E-state index contributed by atoms with van der Waals surface area (Å²) in [6.45, 7) is 0.636. The van der Waals surface area contributed by atoms with Gasteiger partial charge in [-0.1, -0.05) is 42.5 Å². The standard InChI is InChI=1S/C24H19N3O2S/c28-23(17-6-2-1-3-7-17)21-9-4-10-22-20(21)11-13-26(22)24(29)18-15-27(30-16-18)19-8-5-12-25-14-19/h1-14,18H,15-16H2. The molecule has 2 aromatic heterocycles. The molecule has 5 rings (SSSR count). The Morgan fingerprint density at radius 3 is 2.63 bits per heavy atom. The summed E-state index contributed by atoms with van der Waals surface area (Å²) in [7, 11) is 0. The van der Waals surface area contributed by atoms with E-state index in [0.717, 1.165) is 22.3 Å². The lowest BCUT2D eigenvalue weighted by molar-refractivity contribution is 0.0861. The predicted octanol–water partition coefficient (Wildman–Crippen LogP) is 4.69. The van der Waals surface area contributed by atoms with Crippen LogP contribution >= 0.6 is 11.9 Å². The topological polar surface area (TPSA) is 55.2 Å². The maximum atomic E-state index is 13.3. The molecule has 0 spiro atoms. The first-order chi connectivity index (χ1) is 14.7. The fourth-order valence-corrected chi connectivity index (χ4v) is 4.97. The highest BCUT2D eigenvalue weighted by molar-refractivity contribution is 8.00. The maximum absolute atomic E-state index is 13.3. The van der Waals surface area contributed by atoms with Crippen LogP contribution in [0, 0.1) is 5.92 Å². The molecule has 1 fully saturated rings. The maximum Gasteiger partial charge on any atom is 0.236 e. The second-order valence-corrected chi connectivity index (χ2v) is 8.25. The van der Waals surface area contributed by atoms with Crippen LogP contribution in [0.4, 0.5) is 5.69 Å². The molecule has 1 aliphatic heterocycles. The SMILES string of the molecule is O=C(c1ccccc1)c1cccc2c1ccn2C(=O)C1CSN(c2cccnc2)C1. The number of anilines is 1. The van der Waals surface area contributed by atoms with Crippen molar-refractivity contribution in [2.24, 2.45) is 5.92 Å². The summed E-state index contributed by atoms with van der Waals surface area (Å²) in [5.41, 5.74) is 3.03. The number of rotatable bonds is 4. The molecule has 3 heterocycles. The second kappa shape index (κ2) is 7.80. The van der Waals surface area contributed by atoms with E-state index in [0.29, 0.717) is 17.7 Å². The van der Waals surface area contributed by atoms with Crippen molar-refractivity contribution in [3.05, 3.63) is 96.4 Å². The minimum absolute atomic E-state index is 0.0365. The van der Waals surface area contributed by atoms with Crippen molar-refractivity contribution in [3.8, 4) is 0 Å². The fraction of sp³-hybridized carbons (Fsp3) is 0.125. The number of hydrogen-bond donors (Lipinski definition) is 0. The smallest absolute Gasteiger partial charge is 0.236 e. The Labute approximate surface area is 178 Å². The van der Waals surface area contributed by atoms with Gasteiger partial charge in [-0.2, -0.15) is 0 Å². The van der Waals surface area contributed by atoms with Gasteiger partial charge in [0.2, 0.25) is 5.91 Å². The van der Waals surface area contributed by atoms with Gasteiger partial charge in [0.15, 0.2) is 5.78 Å². The molecule has 0 bridgehead atoms. The summed E-state index contributed by atoms with van der Waals surface area (Å²) in [4.78, 5) is 30.4. The quantitative estimate of drug-likeness (QED) is 0.359. The first-order valence-electron chi connectivity index (χ1n) is 9.77. The van der Waals surface area contributed by atoms with Gasteiger partial charge in [0.1, 0.15) is 0 Å². The molecule has 30 heavy (non-hydrogen) atoms. The van der Waals surface area contributed by atoms with E-state index in [1.165, 1.54) is 0 Å². The number of hydrogen-bond acceptors (Lipinski definition) is 5. The highest BCUT2D eigenvalue weighted by atomic mass is 32.2.